The fraction of sp³-hybridized carbons (Fsp3) is 0.200. The summed E-state index contributed by atoms with van der Waals surface area (Å²) >= 11 is 0. The molecule has 6 nitrogen and oxygen atoms in total. The second-order valence-electron chi connectivity index (χ2n) is 6.62. The van der Waals surface area contributed by atoms with Gasteiger partial charge in [-0.1, -0.05) is 71.0 Å². The van der Waals surface area contributed by atoms with Gasteiger partial charge < -0.3 is 9.68 Å². The Balaban J connectivity index is 1.90. The van der Waals surface area contributed by atoms with E-state index in [-0.39, 0.29) is 0 Å². The van der Waals surface area contributed by atoms with Crippen molar-refractivity contribution in [3.05, 3.63) is 71.8 Å². The van der Waals surface area contributed by atoms with Gasteiger partial charge in [0.2, 0.25) is 0 Å². The largest absolute Gasteiger partial charge is 0.348 e. The highest BCUT2D eigenvalue weighted by Gasteiger charge is 2.68. The van der Waals surface area contributed by atoms with Crippen LogP contribution in [0.5, 0.6) is 0 Å². The first-order chi connectivity index (χ1) is 12.5. The first-order valence-corrected chi connectivity index (χ1v) is 8.20. The van der Waals surface area contributed by atoms with Gasteiger partial charge >= 0.3 is 11.9 Å². The Labute approximate surface area is 150 Å². The molecule has 0 bridgehead atoms. The zero-order valence-electron chi connectivity index (χ0n) is 14.3. The van der Waals surface area contributed by atoms with Gasteiger partial charge in [-0.2, -0.15) is 0 Å². The van der Waals surface area contributed by atoms with E-state index >= 15 is 0 Å². The lowest BCUT2D eigenvalue weighted by molar-refractivity contribution is -0.161. The first kappa shape index (κ1) is 16.2. The average molecular weight is 348 g/mol. The molecule has 2 aliphatic heterocycles. The standard InChI is InChI=1S/C20H16N2O4/c1-19(15(21-25-17(19)23)13-9-5-3-6-10-13)20(2)16(22-26-18(20)24)14-11-7-4-8-12-14/h3-12H,1-2H3. The quantitative estimate of drug-likeness (QED) is 0.799. The minimum absolute atomic E-state index is 0.382. The molecule has 6 heteroatoms. The summed E-state index contributed by atoms with van der Waals surface area (Å²) in [5.74, 6) is -1.22. The molecule has 0 aromatic heterocycles. The molecule has 0 aliphatic carbocycles. The van der Waals surface area contributed by atoms with E-state index in [0.29, 0.717) is 22.6 Å². The average Bonchev–Trinajstić information content (AvgIpc) is 3.15. The van der Waals surface area contributed by atoms with Crippen LogP contribution in [0, 0.1) is 10.8 Å². The molecule has 4 rings (SSSR count). The van der Waals surface area contributed by atoms with Crippen molar-refractivity contribution in [1.82, 2.24) is 0 Å². The lowest BCUT2D eigenvalue weighted by Gasteiger charge is -2.35. The second-order valence-corrected chi connectivity index (χ2v) is 6.62. The van der Waals surface area contributed by atoms with E-state index in [4.69, 9.17) is 9.68 Å². The van der Waals surface area contributed by atoms with Gasteiger partial charge in [0.05, 0.1) is 0 Å². The molecule has 2 aromatic rings. The van der Waals surface area contributed by atoms with Crippen LogP contribution in [-0.4, -0.2) is 23.4 Å². The zero-order chi connectivity index (χ0) is 18.4. The van der Waals surface area contributed by atoms with Crippen molar-refractivity contribution < 1.29 is 19.3 Å². The molecular weight excluding hydrogens is 332 g/mol. The highest BCUT2D eigenvalue weighted by Crippen LogP contribution is 2.51. The number of hydrogen-bond acceptors (Lipinski definition) is 6. The number of carbonyl (C=O) groups is 2. The lowest BCUT2D eigenvalue weighted by atomic mass is 9.59. The van der Waals surface area contributed by atoms with Crippen LogP contribution >= 0.6 is 0 Å². The van der Waals surface area contributed by atoms with Crippen LogP contribution in [0.15, 0.2) is 71.0 Å². The predicted molar refractivity (Wildman–Crippen MR) is 94.4 cm³/mol. The van der Waals surface area contributed by atoms with E-state index in [1.54, 1.807) is 13.8 Å². The summed E-state index contributed by atoms with van der Waals surface area (Å²) in [5, 5.41) is 7.99. The number of benzene rings is 2. The second kappa shape index (κ2) is 5.62. The Bertz CT molecular complexity index is 873. The molecule has 0 spiro atoms. The highest BCUT2D eigenvalue weighted by molar-refractivity contribution is 6.29. The van der Waals surface area contributed by atoms with Gasteiger partial charge in [0.15, 0.2) is 0 Å². The Morgan fingerprint density at radius 2 is 1.00 bits per heavy atom. The molecule has 0 saturated heterocycles. The highest BCUT2D eigenvalue weighted by atomic mass is 16.7. The number of nitrogens with zero attached hydrogens (tertiary/aromatic N) is 2. The number of rotatable bonds is 3. The first-order valence-electron chi connectivity index (χ1n) is 8.20. The van der Waals surface area contributed by atoms with Crippen molar-refractivity contribution >= 4 is 23.4 Å². The molecule has 0 N–H and O–H groups in total. The van der Waals surface area contributed by atoms with Crippen LogP contribution in [0.1, 0.15) is 25.0 Å². The van der Waals surface area contributed by atoms with Crippen LogP contribution in [0.4, 0.5) is 0 Å². The molecular formula is C20H16N2O4. The van der Waals surface area contributed by atoms with E-state index in [9.17, 15) is 9.59 Å². The SMILES string of the molecule is CC1(C2(C)C(=O)ON=C2c2ccccc2)C(=O)ON=C1c1ccccc1. The molecule has 130 valence electrons. The van der Waals surface area contributed by atoms with Gasteiger partial charge in [0.1, 0.15) is 22.3 Å². The van der Waals surface area contributed by atoms with E-state index < -0.39 is 22.8 Å². The van der Waals surface area contributed by atoms with Crippen LogP contribution in [0.2, 0.25) is 0 Å². The minimum Gasteiger partial charge on any atom is -0.317 e. The molecule has 0 fully saturated rings. The van der Waals surface area contributed by atoms with Gasteiger partial charge in [-0.3, -0.25) is 0 Å². The van der Waals surface area contributed by atoms with E-state index in [1.165, 1.54) is 0 Å². The Morgan fingerprint density at radius 1 is 0.654 bits per heavy atom. The third-order valence-electron chi connectivity index (χ3n) is 5.30. The fourth-order valence-corrected chi connectivity index (χ4v) is 3.49. The summed E-state index contributed by atoms with van der Waals surface area (Å²) in [6, 6.07) is 18.4. The lowest BCUT2D eigenvalue weighted by Crippen LogP contribution is -2.54. The van der Waals surface area contributed by atoms with Crippen LogP contribution in [0.25, 0.3) is 0 Å². The molecule has 2 heterocycles. The van der Waals surface area contributed by atoms with Gasteiger partial charge in [0, 0.05) is 11.1 Å². The number of oxime groups is 2. The minimum atomic E-state index is -1.38. The maximum atomic E-state index is 12.8. The van der Waals surface area contributed by atoms with Gasteiger partial charge in [0.25, 0.3) is 0 Å². The topological polar surface area (TPSA) is 77.3 Å². The fourth-order valence-electron chi connectivity index (χ4n) is 3.49. The molecule has 0 radical (unpaired) electrons. The molecule has 2 atom stereocenters. The predicted octanol–water partition coefficient (Wildman–Crippen LogP) is 2.92. The third-order valence-corrected chi connectivity index (χ3v) is 5.30. The smallest absolute Gasteiger partial charge is 0.317 e. The number of hydrogen-bond donors (Lipinski definition) is 0. The summed E-state index contributed by atoms with van der Waals surface area (Å²) in [7, 11) is 0. The normalized spacial score (nSPS) is 27.6. The molecule has 0 saturated carbocycles. The Hall–Kier alpha value is -3.28. The van der Waals surface area contributed by atoms with Crippen molar-refractivity contribution in [2.75, 3.05) is 0 Å². The van der Waals surface area contributed by atoms with E-state index in [0.717, 1.165) is 0 Å². The summed E-state index contributed by atoms with van der Waals surface area (Å²) in [4.78, 5) is 35.7. The molecule has 2 aromatic carbocycles. The zero-order valence-corrected chi connectivity index (χ0v) is 14.3. The maximum absolute atomic E-state index is 12.8. The summed E-state index contributed by atoms with van der Waals surface area (Å²) in [5.41, 5.74) is -0.586. The monoisotopic (exact) mass is 348 g/mol. The Morgan fingerprint density at radius 3 is 1.35 bits per heavy atom. The van der Waals surface area contributed by atoms with Gasteiger partial charge in [-0.05, 0) is 13.8 Å². The summed E-state index contributed by atoms with van der Waals surface area (Å²) in [6.45, 7) is 3.30. The van der Waals surface area contributed by atoms with Crippen molar-refractivity contribution in [2.45, 2.75) is 13.8 Å². The third kappa shape index (κ3) is 1.98. The van der Waals surface area contributed by atoms with Gasteiger partial charge in [-0.25, -0.2) is 9.59 Å². The van der Waals surface area contributed by atoms with Crippen LogP contribution < -0.4 is 0 Å². The molecule has 0 amide bonds. The van der Waals surface area contributed by atoms with Gasteiger partial charge in [-0.15, -0.1) is 0 Å². The van der Waals surface area contributed by atoms with E-state index in [1.807, 2.05) is 60.7 Å². The van der Waals surface area contributed by atoms with Crippen molar-refractivity contribution in [3.63, 3.8) is 0 Å². The Kier molecular flexibility index (Phi) is 3.50. The molecule has 2 aliphatic rings. The number of carbonyl (C=O) groups excluding carboxylic acids is 2. The summed E-state index contributed by atoms with van der Waals surface area (Å²) < 4.78 is 0. The summed E-state index contributed by atoms with van der Waals surface area (Å²) in [6.07, 6.45) is 0. The van der Waals surface area contributed by atoms with Crippen molar-refractivity contribution in [3.8, 4) is 0 Å². The van der Waals surface area contributed by atoms with E-state index in [2.05, 4.69) is 10.3 Å². The molecule has 26 heavy (non-hydrogen) atoms. The van der Waals surface area contributed by atoms with Crippen molar-refractivity contribution in [2.24, 2.45) is 21.1 Å². The molecule has 2 unspecified atom stereocenters. The van der Waals surface area contributed by atoms with Crippen molar-refractivity contribution in [1.29, 1.82) is 0 Å². The van der Waals surface area contributed by atoms with Crippen LogP contribution in [0.3, 0.4) is 0 Å². The maximum Gasteiger partial charge on any atom is 0.348 e. The van der Waals surface area contributed by atoms with Crippen LogP contribution in [-0.2, 0) is 19.3 Å².